The Morgan fingerprint density at radius 1 is 1.11 bits per heavy atom. The first kappa shape index (κ1) is 29.4. The molecule has 0 bridgehead atoms. The fourth-order valence-electron chi connectivity index (χ4n) is 6.91. The van der Waals surface area contributed by atoms with Gasteiger partial charge in [0.15, 0.2) is 5.65 Å². The highest BCUT2D eigenvalue weighted by molar-refractivity contribution is 6.10. The number of rotatable bonds is 9. The van der Waals surface area contributed by atoms with E-state index in [1.165, 1.54) is 23.9 Å². The molecule has 0 spiro atoms. The summed E-state index contributed by atoms with van der Waals surface area (Å²) in [4.78, 5) is 43.5. The first-order valence-electron chi connectivity index (χ1n) is 15.9. The van der Waals surface area contributed by atoms with Gasteiger partial charge in [0.1, 0.15) is 6.33 Å². The second-order valence-corrected chi connectivity index (χ2v) is 12.4. The van der Waals surface area contributed by atoms with E-state index in [2.05, 4.69) is 21.1 Å². The van der Waals surface area contributed by atoms with Gasteiger partial charge in [0.25, 0.3) is 5.91 Å². The molecule has 4 heterocycles. The summed E-state index contributed by atoms with van der Waals surface area (Å²) in [6.45, 7) is 4.34. The van der Waals surface area contributed by atoms with Crippen LogP contribution in [0.15, 0.2) is 79.5 Å². The van der Waals surface area contributed by atoms with Crippen LogP contribution < -0.4 is 9.74 Å². The fourth-order valence-corrected chi connectivity index (χ4v) is 6.91. The van der Waals surface area contributed by atoms with E-state index in [1.807, 2.05) is 79.3 Å². The molecule has 0 radical (unpaired) electrons. The van der Waals surface area contributed by atoms with Crippen molar-refractivity contribution >= 4 is 28.6 Å². The van der Waals surface area contributed by atoms with Gasteiger partial charge >= 0.3 is 5.97 Å². The van der Waals surface area contributed by atoms with Crippen LogP contribution >= 0.6 is 0 Å². The number of hydrogen-bond donors (Lipinski definition) is 0. The van der Waals surface area contributed by atoms with Crippen molar-refractivity contribution in [1.29, 1.82) is 5.26 Å². The van der Waals surface area contributed by atoms with E-state index in [0.717, 1.165) is 46.2 Å². The lowest BCUT2D eigenvalue weighted by atomic mass is 9.80. The van der Waals surface area contributed by atoms with Gasteiger partial charge in [-0.1, -0.05) is 50.1 Å². The molecule has 10 heteroatoms. The van der Waals surface area contributed by atoms with Crippen molar-refractivity contribution < 1.29 is 14.4 Å². The molecule has 3 aromatic heterocycles. The third-order valence-corrected chi connectivity index (χ3v) is 9.88. The van der Waals surface area contributed by atoms with Crippen LogP contribution in [0.25, 0.3) is 22.3 Å². The Balaban J connectivity index is 1.11. The smallest absolute Gasteiger partial charge is 0.334 e. The zero-order chi connectivity index (χ0) is 31.8. The Labute approximate surface area is 267 Å². The Bertz CT molecular complexity index is 1970. The van der Waals surface area contributed by atoms with E-state index in [0.29, 0.717) is 36.6 Å². The summed E-state index contributed by atoms with van der Waals surface area (Å²) in [7, 11) is 0. The monoisotopic (exact) mass is 613 g/mol. The molecular weight excluding hydrogens is 578 g/mol. The molecule has 5 aromatic rings. The third-order valence-electron chi connectivity index (χ3n) is 9.88. The molecule has 1 amide bonds. The van der Waals surface area contributed by atoms with Crippen LogP contribution in [0.2, 0.25) is 0 Å². The normalized spacial score (nSPS) is 16.7. The minimum absolute atomic E-state index is 0.0231. The maximum Gasteiger partial charge on any atom is 0.343 e. The van der Waals surface area contributed by atoms with Crippen LogP contribution in [0, 0.1) is 17.2 Å². The summed E-state index contributed by atoms with van der Waals surface area (Å²) in [5, 5.41) is 14.8. The van der Waals surface area contributed by atoms with Gasteiger partial charge in [0.2, 0.25) is 0 Å². The van der Waals surface area contributed by atoms with Gasteiger partial charge in [-0.2, -0.15) is 15.1 Å². The average molecular weight is 614 g/mol. The molecule has 1 fully saturated rings. The number of benzene rings is 2. The number of hydrogen-bond acceptors (Lipinski definition) is 7. The van der Waals surface area contributed by atoms with Crippen LogP contribution in [-0.4, -0.2) is 36.4 Å². The minimum atomic E-state index is -0.944. The quantitative estimate of drug-likeness (QED) is 0.188. The number of carbonyl (C=O) groups excluding carboxylic acids is 2. The third kappa shape index (κ3) is 5.02. The summed E-state index contributed by atoms with van der Waals surface area (Å²) in [6, 6.07) is 19.4. The van der Waals surface area contributed by atoms with Gasteiger partial charge in [-0.25, -0.2) is 14.8 Å². The molecule has 1 unspecified atom stereocenters. The zero-order valence-corrected chi connectivity index (χ0v) is 26.0. The molecule has 232 valence electrons. The number of nitrogens with zero attached hydrogens (tertiary/aromatic N) is 7. The predicted octanol–water partition coefficient (Wildman–Crippen LogP) is 6.42. The van der Waals surface area contributed by atoms with E-state index in [4.69, 9.17) is 4.84 Å². The molecule has 7 rings (SSSR count). The average Bonchev–Trinajstić information content (AvgIpc) is 3.91. The highest BCUT2D eigenvalue weighted by Gasteiger charge is 2.37. The first-order chi connectivity index (χ1) is 22.4. The molecule has 2 aliphatic rings. The van der Waals surface area contributed by atoms with Gasteiger partial charge in [-0.3, -0.25) is 9.48 Å². The highest BCUT2D eigenvalue weighted by Crippen LogP contribution is 2.37. The van der Waals surface area contributed by atoms with E-state index >= 15 is 0 Å². The van der Waals surface area contributed by atoms with Gasteiger partial charge < -0.3 is 9.74 Å². The predicted molar refractivity (Wildman–Crippen MR) is 173 cm³/mol. The van der Waals surface area contributed by atoms with Crippen molar-refractivity contribution in [2.24, 2.45) is 5.92 Å². The number of nitriles is 1. The summed E-state index contributed by atoms with van der Waals surface area (Å²) in [5.41, 5.74) is 4.32. The molecule has 1 saturated carbocycles. The summed E-state index contributed by atoms with van der Waals surface area (Å²) >= 11 is 0. The van der Waals surface area contributed by atoms with Crippen LogP contribution in [0.3, 0.4) is 0 Å². The van der Waals surface area contributed by atoms with Gasteiger partial charge in [0.05, 0.1) is 42.4 Å². The Morgan fingerprint density at radius 2 is 1.89 bits per heavy atom. The largest absolute Gasteiger partial charge is 0.343 e. The number of amides is 1. The molecule has 0 N–H and O–H groups in total. The number of fused-ring (bicyclic) bond motifs is 2. The highest BCUT2D eigenvalue weighted by atomic mass is 16.7. The maximum atomic E-state index is 13.8. The number of carbonyl (C=O) groups is 2. The van der Waals surface area contributed by atoms with Crippen molar-refractivity contribution in [3.8, 4) is 17.3 Å². The van der Waals surface area contributed by atoms with Gasteiger partial charge in [-0.15, -0.1) is 0 Å². The maximum absolute atomic E-state index is 13.8. The summed E-state index contributed by atoms with van der Waals surface area (Å²) < 4.78 is 3.31. The van der Waals surface area contributed by atoms with Crippen LogP contribution in [0.4, 0.5) is 5.69 Å². The Morgan fingerprint density at radius 3 is 2.63 bits per heavy atom. The molecule has 2 atom stereocenters. The van der Waals surface area contributed by atoms with E-state index < -0.39 is 11.4 Å². The SMILES string of the molecule is CCC(C)(C(=O)On1ccc2c(-c3cnn([C@H](CC#N)C4CCCC4)c3)ncnc21)c1ccc(N2Cc3ccccc3C2=O)cc1. The van der Waals surface area contributed by atoms with Crippen molar-refractivity contribution in [2.45, 2.75) is 70.4 Å². The lowest BCUT2D eigenvalue weighted by Gasteiger charge is -2.27. The fraction of sp³-hybridized carbons (Fsp3) is 0.333. The van der Waals surface area contributed by atoms with Crippen molar-refractivity contribution in [1.82, 2.24) is 24.5 Å². The lowest BCUT2D eigenvalue weighted by molar-refractivity contribution is -0.150. The summed E-state index contributed by atoms with van der Waals surface area (Å²) in [5.74, 6) is 0.000962. The van der Waals surface area contributed by atoms with Crippen molar-refractivity contribution in [2.75, 3.05) is 4.90 Å². The summed E-state index contributed by atoms with van der Waals surface area (Å²) in [6.07, 6.45) is 12.4. The van der Waals surface area contributed by atoms with Gasteiger partial charge in [0, 0.05) is 34.6 Å². The molecule has 0 saturated heterocycles. The molecule has 46 heavy (non-hydrogen) atoms. The van der Waals surface area contributed by atoms with Crippen molar-refractivity contribution in [3.05, 3.63) is 96.2 Å². The molecular formula is C36H35N7O3. The van der Waals surface area contributed by atoms with Crippen LogP contribution in [0.5, 0.6) is 0 Å². The first-order valence-corrected chi connectivity index (χ1v) is 15.9. The van der Waals surface area contributed by atoms with E-state index in [-0.39, 0.29) is 11.9 Å². The second-order valence-electron chi connectivity index (χ2n) is 12.4. The Kier molecular flexibility index (Phi) is 7.61. The molecule has 1 aliphatic carbocycles. The molecule has 10 nitrogen and oxygen atoms in total. The number of anilines is 1. The minimum Gasteiger partial charge on any atom is -0.334 e. The molecule has 1 aliphatic heterocycles. The standard InChI is InChI=1S/C36H35N7O3/c1-3-36(2,27-12-14-28(15-13-27)41-21-25-10-6-7-11-29(25)34(41)44)35(45)46-43-19-17-30-32(38-23-39-33(30)43)26-20-40-42(22-26)31(16-18-37)24-8-4-5-9-24/h6-7,10-15,17,19-20,22-24,31H,3-5,8-9,16,21H2,1-2H3/t31-,36?/m1/s1. The van der Waals surface area contributed by atoms with E-state index in [9.17, 15) is 14.9 Å². The van der Waals surface area contributed by atoms with Crippen LogP contribution in [0.1, 0.15) is 79.9 Å². The second kappa shape index (κ2) is 11.9. The van der Waals surface area contributed by atoms with E-state index in [1.54, 1.807) is 17.3 Å². The molecule has 2 aromatic carbocycles. The van der Waals surface area contributed by atoms with Crippen LogP contribution in [-0.2, 0) is 16.8 Å². The number of aromatic nitrogens is 5. The van der Waals surface area contributed by atoms with Gasteiger partial charge in [-0.05, 0) is 67.5 Å². The zero-order valence-electron chi connectivity index (χ0n) is 26.0. The lowest BCUT2D eigenvalue weighted by Crippen LogP contribution is -2.39. The topological polar surface area (TPSA) is 119 Å². The Hall–Kier alpha value is -5.30. The van der Waals surface area contributed by atoms with Crippen molar-refractivity contribution in [3.63, 3.8) is 0 Å².